The molecule has 2 aromatic rings. The van der Waals surface area contributed by atoms with Crippen LogP contribution in [-0.4, -0.2) is 16.6 Å². The molecule has 0 amide bonds. The Morgan fingerprint density at radius 3 is 2.38 bits per heavy atom. The van der Waals surface area contributed by atoms with Crippen molar-refractivity contribution in [2.24, 2.45) is 5.11 Å². The number of nitrogens with zero attached hydrogens (tertiary/aromatic N) is 2. The van der Waals surface area contributed by atoms with Gasteiger partial charge in [0.05, 0.1) is 5.75 Å². The number of benzene rings is 1. The third kappa shape index (κ3) is 7.42. The van der Waals surface area contributed by atoms with E-state index in [0.717, 1.165) is 34.7 Å². The molecule has 2 rings (SSSR count). The Hall–Kier alpha value is -2.13. The molecule has 1 aromatic heterocycles. The number of nitrogens with two attached hydrogens (primary N) is 1. The standard InChI is InChI=1S/C8H7F3N4S.C6H6ClN/c9-8(10,11)6-3-5(1-2-14-6)16-4-7(12)15-13;7-5-1-3-6(8)4-2-5/h1-3,12-13H,4H2;1-4H,8H2. The van der Waals surface area contributed by atoms with E-state index < -0.39 is 11.9 Å². The number of rotatable bonds is 3. The summed E-state index contributed by atoms with van der Waals surface area (Å²) in [5.41, 5.74) is 11.7. The fourth-order valence-corrected chi connectivity index (χ4v) is 2.15. The quantitative estimate of drug-likeness (QED) is 0.228. The predicted molar refractivity (Wildman–Crippen MR) is 88.7 cm³/mol. The Morgan fingerprint density at radius 1 is 1.25 bits per heavy atom. The van der Waals surface area contributed by atoms with Crippen molar-refractivity contribution in [3.63, 3.8) is 0 Å². The zero-order chi connectivity index (χ0) is 18.2. The van der Waals surface area contributed by atoms with Gasteiger partial charge in [-0.1, -0.05) is 11.6 Å². The first-order valence-corrected chi connectivity index (χ1v) is 7.70. The van der Waals surface area contributed by atoms with Crippen LogP contribution in [-0.2, 0) is 6.18 Å². The van der Waals surface area contributed by atoms with Crippen molar-refractivity contribution < 1.29 is 13.2 Å². The van der Waals surface area contributed by atoms with Gasteiger partial charge >= 0.3 is 6.18 Å². The molecule has 0 aliphatic carbocycles. The van der Waals surface area contributed by atoms with Crippen molar-refractivity contribution in [3.05, 3.63) is 53.3 Å². The van der Waals surface area contributed by atoms with Gasteiger partial charge in [0, 0.05) is 21.8 Å². The smallest absolute Gasteiger partial charge is 0.399 e. The van der Waals surface area contributed by atoms with E-state index in [0.29, 0.717) is 4.90 Å². The number of hydrogen-bond donors (Lipinski definition) is 3. The molecule has 5 nitrogen and oxygen atoms in total. The number of halogens is 4. The summed E-state index contributed by atoms with van der Waals surface area (Å²) in [6.07, 6.45) is -3.41. The van der Waals surface area contributed by atoms with E-state index in [9.17, 15) is 13.2 Å². The topological polar surface area (TPSA) is 99.0 Å². The molecule has 0 radical (unpaired) electrons. The molecular formula is C14H13ClF3N5S. The highest BCUT2D eigenvalue weighted by Gasteiger charge is 2.32. The maximum atomic E-state index is 12.3. The van der Waals surface area contributed by atoms with Crippen molar-refractivity contribution in [1.29, 1.82) is 10.9 Å². The predicted octanol–water partition coefficient (Wildman–Crippen LogP) is 5.12. The highest BCUT2D eigenvalue weighted by molar-refractivity contribution is 8.00. The largest absolute Gasteiger partial charge is 0.433 e. The number of nitrogens with one attached hydrogen (secondary N) is 2. The second-order valence-electron chi connectivity index (χ2n) is 4.27. The number of aromatic nitrogens is 1. The van der Waals surface area contributed by atoms with Crippen molar-refractivity contribution in [2.75, 3.05) is 11.5 Å². The second-order valence-corrected chi connectivity index (χ2v) is 5.76. The molecule has 128 valence electrons. The Kier molecular flexibility index (Phi) is 7.66. The molecule has 0 aliphatic rings. The van der Waals surface area contributed by atoms with Crippen LogP contribution in [0.25, 0.3) is 0 Å². The molecule has 10 heteroatoms. The summed E-state index contributed by atoms with van der Waals surface area (Å²) in [6.45, 7) is 0. The fourth-order valence-electron chi connectivity index (χ4n) is 1.30. The van der Waals surface area contributed by atoms with Gasteiger partial charge in [0.15, 0.2) is 5.84 Å². The molecule has 1 aromatic carbocycles. The maximum Gasteiger partial charge on any atom is 0.433 e. The van der Waals surface area contributed by atoms with Crippen LogP contribution in [0, 0.1) is 10.9 Å². The van der Waals surface area contributed by atoms with Crippen LogP contribution < -0.4 is 5.73 Å². The van der Waals surface area contributed by atoms with Gasteiger partial charge in [0.1, 0.15) is 5.69 Å². The molecule has 0 atom stereocenters. The number of nitrogen functional groups attached to an aromatic ring is 1. The summed E-state index contributed by atoms with van der Waals surface area (Å²) in [6, 6.07) is 9.37. The van der Waals surface area contributed by atoms with E-state index in [1.807, 2.05) is 0 Å². The Labute approximate surface area is 145 Å². The molecule has 0 saturated carbocycles. The number of pyridine rings is 1. The van der Waals surface area contributed by atoms with Gasteiger partial charge in [-0.15, -0.1) is 16.9 Å². The third-order valence-corrected chi connectivity index (χ3v) is 3.66. The molecule has 0 fully saturated rings. The minimum absolute atomic E-state index is 0.0603. The fraction of sp³-hybridized carbons (Fsp3) is 0.143. The van der Waals surface area contributed by atoms with Crippen molar-refractivity contribution in [2.45, 2.75) is 11.1 Å². The summed E-state index contributed by atoms with van der Waals surface area (Å²) in [4.78, 5) is 3.55. The van der Waals surface area contributed by atoms with Crippen molar-refractivity contribution >= 4 is 34.9 Å². The van der Waals surface area contributed by atoms with E-state index in [4.69, 9.17) is 28.3 Å². The highest BCUT2D eigenvalue weighted by Crippen LogP contribution is 2.30. The lowest BCUT2D eigenvalue weighted by atomic mass is 10.3. The Morgan fingerprint density at radius 2 is 1.88 bits per heavy atom. The van der Waals surface area contributed by atoms with Crippen molar-refractivity contribution in [1.82, 2.24) is 4.98 Å². The van der Waals surface area contributed by atoms with Crippen molar-refractivity contribution in [3.8, 4) is 0 Å². The van der Waals surface area contributed by atoms with E-state index in [2.05, 4.69) is 10.1 Å². The van der Waals surface area contributed by atoms with Crippen LogP contribution in [0.2, 0.25) is 5.02 Å². The lowest BCUT2D eigenvalue weighted by Crippen LogP contribution is -2.07. The van der Waals surface area contributed by atoms with Gasteiger partial charge in [-0.05, 0) is 36.4 Å². The van der Waals surface area contributed by atoms with E-state index in [-0.39, 0.29) is 11.6 Å². The molecule has 24 heavy (non-hydrogen) atoms. The summed E-state index contributed by atoms with van der Waals surface area (Å²) in [5, 5.41) is 10.6. The molecule has 0 saturated heterocycles. The minimum atomic E-state index is -4.47. The summed E-state index contributed by atoms with van der Waals surface area (Å²) >= 11 is 6.56. The summed E-state index contributed by atoms with van der Waals surface area (Å²) in [7, 11) is 0. The van der Waals surface area contributed by atoms with E-state index in [1.54, 1.807) is 24.3 Å². The van der Waals surface area contributed by atoms with Gasteiger partial charge in [-0.3, -0.25) is 10.4 Å². The average Bonchev–Trinajstić information content (AvgIpc) is 2.55. The van der Waals surface area contributed by atoms with Crippen LogP contribution in [0.3, 0.4) is 0 Å². The minimum Gasteiger partial charge on any atom is -0.399 e. The first-order chi connectivity index (χ1) is 11.2. The number of hydrogen-bond acceptors (Lipinski definition) is 5. The SMILES string of the molecule is N=NC(=N)CSc1ccnc(C(F)(F)F)c1.Nc1ccc(Cl)cc1. The number of anilines is 1. The van der Waals surface area contributed by atoms with Gasteiger partial charge in [0.2, 0.25) is 0 Å². The first kappa shape index (κ1) is 19.9. The molecule has 4 N–H and O–H groups in total. The number of thioether (sulfide) groups is 1. The van der Waals surface area contributed by atoms with Crippen LogP contribution >= 0.6 is 23.4 Å². The molecular weight excluding hydrogens is 363 g/mol. The number of alkyl halides is 3. The Bertz CT molecular complexity index is 671. The molecule has 0 unspecified atom stereocenters. The van der Waals surface area contributed by atoms with Gasteiger partial charge in [-0.25, -0.2) is 5.53 Å². The van der Waals surface area contributed by atoms with Gasteiger partial charge < -0.3 is 5.73 Å². The van der Waals surface area contributed by atoms with Crippen LogP contribution in [0.5, 0.6) is 0 Å². The number of amidine groups is 1. The molecule has 1 heterocycles. The molecule has 0 spiro atoms. The normalized spacial score (nSPS) is 10.5. The van der Waals surface area contributed by atoms with E-state index in [1.165, 1.54) is 6.07 Å². The highest BCUT2D eigenvalue weighted by atomic mass is 35.5. The van der Waals surface area contributed by atoms with Gasteiger partial charge in [0.25, 0.3) is 0 Å². The van der Waals surface area contributed by atoms with Gasteiger partial charge in [-0.2, -0.15) is 13.2 Å². The second kappa shape index (κ2) is 9.24. The maximum absolute atomic E-state index is 12.3. The first-order valence-electron chi connectivity index (χ1n) is 6.34. The average molecular weight is 376 g/mol. The Balaban J connectivity index is 0.000000300. The lowest BCUT2D eigenvalue weighted by molar-refractivity contribution is -0.141. The van der Waals surface area contributed by atoms with Crippen LogP contribution in [0.15, 0.2) is 52.6 Å². The molecule has 0 aliphatic heterocycles. The zero-order valence-electron chi connectivity index (χ0n) is 12.1. The molecule has 0 bridgehead atoms. The monoisotopic (exact) mass is 375 g/mol. The summed E-state index contributed by atoms with van der Waals surface area (Å²) in [5.74, 6) is -0.138. The van der Waals surface area contributed by atoms with Crippen LogP contribution in [0.4, 0.5) is 18.9 Å². The van der Waals surface area contributed by atoms with Crippen LogP contribution in [0.1, 0.15) is 5.69 Å². The lowest BCUT2D eigenvalue weighted by Gasteiger charge is -2.06. The zero-order valence-corrected chi connectivity index (χ0v) is 13.7. The van der Waals surface area contributed by atoms with E-state index >= 15 is 0 Å². The third-order valence-electron chi connectivity index (χ3n) is 2.40. The summed E-state index contributed by atoms with van der Waals surface area (Å²) < 4.78 is 36.8.